The van der Waals surface area contributed by atoms with Crippen LogP contribution in [0.15, 0.2) is 66.9 Å². The Morgan fingerprint density at radius 1 is 1.11 bits per heavy atom. The minimum atomic E-state index is -0.146. The number of carbonyl (C=O) groups is 1. The molecule has 0 saturated carbocycles. The lowest BCUT2D eigenvalue weighted by molar-refractivity contribution is 0.0951. The minimum Gasteiger partial charge on any atom is -0.348 e. The van der Waals surface area contributed by atoms with Crippen LogP contribution in [0.4, 0.5) is 0 Å². The maximum absolute atomic E-state index is 12.6. The molecule has 1 N–H and O–H groups in total. The number of benzene rings is 2. The van der Waals surface area contributed by atoms with Gasteiger partial charge in [0.2, 0.25) is 0 Å². The van der Waals surface area contributed by atoms with Crippen molar-refractivity contribution in [1.29, 1.82) is 0 Å². The van der Waals surface area contributed by atoms with Gasteiger partial charge in [0.15, 0.2) is 5.65 Å². The quantitative estimate of drug-likeness (QED) is 0.577. The van der Waals surface area contributed by atoms with E-state index in [0.29, 0.717) is 17.1 Å². The summed E-state index contributed by atoms with van der Waals surface area (Å²) in [5, 5.41) is 3.58. The summed E-state index contributed by atoms with van der Waals surface area (Å²) < 4.78 is 1.95. The van der Waals surface area contributed by atoms with Crippen molar-refractivity contribution < 1.29 is 4.79 Å². The topological polar surface area (TPSA) is 59.8 Å². The van der Waals surface area contributed by atoms with Gasteiger partial charge in [-0.05, 0) is 55.0 Å². The van der Waals surface area contributed by atoms with Gasteiger partial charge in [-0.3, -0.25) is 9.36 Å². The van der Waals surface area contributed by atoms with Crippen molar-refractivity contribution in [3.8, 4) is 5.69 Å². The Hall–Kier alpha value is -3.18. The number of pyridine rings is 1. The van der Waals surface area contributed by atoms with Crippen molar-refractivity contribution in [2.24, 2.45) is 0 Å². The Balaban J connectivity index is 1.60. The smallest absolute Gasteiger partial charge is 0.251 e. The van der Waals surface area contributed by atoms with Gasteiger partial charge in [-0.2, -0.15) is 0 Å². The molecule has 27 heavy (non-hydrogen) atoms. The van der Waals surface area contributed by atoms with Gasteiger partial charge in [0.25, 0.3) is 5.91 Å². The molecule has 0 aliphatic heterocycles. The highest BCUT2D eigenvalue weighted by molar-refractivity contribution is 6.30. The molecule has 0 radical (unpaired) electrons. The average Bonchev–Trinajstić information content (AvgIpc) is 3.02. The van der Waals surface area contributed by atoms with Gasteiger partial charge in [0.05, 0.1) is 0 Å². The van der Waals surface area contributed by atoms with Crippen molar-refractivity contribution in [3.63, 3.8) is 0 Å². The SMILES string of the molecule is Cc1nc2cccnc2n1-c1cccc(C(=O)NCc2cccc(Cl)c2)c1. The molecular formula is C21H17ClN4O. The van der Waals surface area contributed by atoms with E-state index < -0.39 is 0 Å². The van der Waals surface area contributed by atoms with E-state index in [2.05, 4.69) is 15.3 Å². The fourth-order valence-electron chi connectivity index (χ4n) is 3.05. The fourth-order valence-corrected chi connectivity index (χ4v) is 3.27. The molecule has 1 amide bonds. The van der Waals surface area contributed by atoms with E-state index >= 15 is 0 Å². The molecule has 0 atom stereocenters. The third-order valence-corrected chi connectivity index (χ3v) is 4.53. The Bertz CT molecular complexity index is 1140. The van der Waals surface area contributed by atoms with Crippen molar-refractivity contribution in [2.75, 3.05) is 0 Å². The van der Waals surface area contributed by atoms with Crippen molar-refractivity contribution in [3.05, 3.63) is 88.8 Å². The number of rotatable bonds is 4. The van der Waals surface area contributed by atoms with E-state index in [4.69, 9.17) is 11.6 Å². The highest BCUT2D eigenvalue weighted by Crippen LogP contribution is 2.20. The van der Waals surface area contributed by atoms with E-state index in [1.807, 2.05) is 66.1 Å². The van der Waals surface area contributed by atoms with Gasteiger partial charge >= 0.3 is 0 Å². The molecule has 0 fully saturated rings. The standard InChI is InChI=1S/C21H17ClN4O/c1-14-25-19-9-4-10-23-20(19)26(14)18-8-3-6-16(12-18)21(27)24-13-15-5-2-7-17(22)11-15/h2-12H,13H2,1H3,(H,24,27). The Labute approximate surface area is 161 Å². The molecule has 5 nitrogen and oxygen atoms in total. The van der Waals surface area contributed by atoms with Gasteiger partial charge in [-0.15, -0.1) is 0 Å². The third-order valence-electron chi connectivity index (χ3n) is 4.29. The first kappa shape index (κ1) is 17.2. The fraction of sp³-hybridized carbons (Fsp3) is 0.0952. The third kappa shape index (κ3) is 3.55. The normalized spacial score (nSPS) is 10.9. The number of hydrogen-bond donors (Lipinski definition) is 1. The minimum absolute atomic E-state index is 0.146. The van der Waals surface area contributed by atoms with Crippen LogP contribution in [-0.2, 0) is 6.54 Å². The summed E-state index contributed by atoms with van der Waals surface area (Å²) in [7, 11) is 0. The first-order valence-electron chi connectivity index (χ1n) is 8.55. The summed E-state index contributed by atoms with van der Waals surface area (Å²) in [6.07, 6.45) is 1.74. The number of nitrogens with one attached hydrogen (secondary N) is 1. The molecular weight excluding hydrogens is 360 g/mol. The molecule has 2 aromatic heterocycles. The second-order valence-electron chi connectivity index (χ2n) is 6.20. The van der Waals surface area contributed by atoms with Crippen LogP contribution in [0.5, 0.6) is 0 Å². The number of carbonyl (C=O) groups excluding carboxylic acids is 1. The first-order chi connectivity index (χ1) is 13.1. The summed E-state index contributed by atoms with van der Waals surface area (Å²) in [4.78, 5) is 21.5. The van der Waals surface area contributed by atoms with E-state index in [1.54, 1.807) is 12.3 Å². The number of fused-ring (bicyclic) bond motifs is 1. The monoisotopic (exact) mass is 376 g/mol. The second-order valence-corrected chi connectivity index (χ2v) is 6.64. The molecule has 2 heterocycles. The number of amides is 1. The number of nitrogens with zero attached hydrogens (tertiary/aromatic N) is 3. The van der Waals surface area contributed by atoms with Crippen LogP contribution in [-0.4, -0.2) is 20.4 Å². The maximum atomic E-state index is 12.6. The number of aryl methyl sites for hydroxylation is 1. The molecule has 0 aliphatic carbocycles. The largest absolute Gasteiger partial charge is 0.348 e. The number of imidazole rings is 1. The number of hydrogen-bond acceptors (Lipinski definition) is 3. The molecule has 0 spiro atoms. The zero-order valence-corrected chi connectivity index (χ0v) is 15.4. The molecule has 4 rings (SSSR count). The van der Waals surface area contributed by atoms with Crippen LogP contribution >= 0.6 is 11.6 Å². The summed E-state index contributed by atoms with van der Waals surface area (Å²) in [6.45, 7) is 2.34. The molecule has 4 aromatic rings. The molecule has 2 aromatic carbocycles. The Morgan fingerprint density at radius 2 is 1.96 bits per heavy atom. The molecule has 6 heteroatoms. The van der Waals surface area contributed by atoms with Crippen molar-refractivity contribution in [1.82, 2.24) is 19.9 Å². The summed E-state index contributed by atoms with van der Waals surface area (Å²) in [5.74, 6) is 0.673. The van der Waals surface area contributed by atoms with Crippen LogP contribution < -0.4 is 5.32 Å². The van der Waals surface area contributed by atoms with Crippen LogP contribution in [0.25, 0.3) is 16.9 Å². The Kier molecular flexibility index (Phi) is 4.60. The van der Waals surface area contributed by atoms with Gasteiger partial charge in [0, 0.05) is 29.0 Å². The van der Waals surface area contributed by atoms with Gasteiger partial charge < -0.3 is 5.32 Å². The Morgan fingerprint density at radius 3 is 2.81 bits per heavy atom. The van der Waals surface area contributed by atoms with Crippen molar-refractivity contribution in [2.45, 2.75) is 13.5 Å². The molecule has 134 valence electrons. The summed E-state index contributed by atoms with van der Waals surface area (Å²) in [6, 6.07) is 18.7. The second kappa shape index (κ2) is 7.21. The van der Waals surface area contributed by atoms with Crippen LogP contribution in [0.3, 0.4) is 0 Å². The van der Waals surface area contributed by atoms with Gasteiger partial charge in [0.1, 0.15) is 11.3 Å². The van der Waals surface area contributed by atoms with Gasteiger partial charge in [-0.25, -0.2) is 9.97 Å². The van der Waals surface area contributed by atoms with E-state index in [9.17, 15) is 4.79 Å². The zero-order chi connectivity index (χ0) is 18.8. The van der Waals surface area contributed by atoms with Crippen LogP contribution in [0, 0.1) is 6.92 Å². The lowest BCUT2D eigenvalue weighted by atomic mass is 10.1. The zero-order valence-electron chi connectivity index (χ0n) is 14.7. The van der Waals surface area contributed by atoms with Gasteiger partial charge in [-0.1, -0.05) is 29.8 Å². The predicted molar refractivity (Wildman–Crippen MR) is 106 cm³/mol. The highest BCUT2D eigenvalue weighted by atomic mass is 35.5. The molecule has 0 aliphatic rings. The number of halogens is 1. The van der Waals surface area contributed by atoms with Crippen molar-refractivity contribution >= 4 is 28.7 Å². The average molecular weight is 377 g/mol. The summed E-state index contributed by atoms with van der Waals surface area (Å²) in [5.41, 5.74) is 3.97. The lowest BCUT2D eigenvalue weighted by Gasteiger charge is -2.10. The summed E-state index contributed by atoms with van der Waals surface area (Å²) >= 11 is 5.99. The van der Waals surface area contributed by atoms with Crippen LogP contribution in [0.1, 0.15) is 21.7 Å². The van der Waals surface area contributed by atoms with E-state index in [-0.39, 0.29) is 5.91 Å². The van der Waals surface area contributed by atoms with E-state index in [0.717, 1.165) is 28.2 Å². The highest BCUT2D eigenvalue weighted by Gasteiger charge is 2.12. The maximum Gasteiger partial charge on any atom is 0.251 e. The van der Waals surface area contributed by atoms with E-state index in [1.165, 1.54) is 0 Å². The molecule has 0 saturated heterocycles. The molecule has 0 bridgehead atoms. The first-order valence-corrected chi connectivity index (χ1v) is 8.93. The number of aromatic nitrogens is 3. The van der Waals surface area contributed by atoms with Crippen LogP contribution in [0.2, 0.25) is 5.02 Å². The lowest BCUT2D eigenvalue weighted by Crippen LogP contribution is -2.22. The predicted octanol–water partition coefficient (Wildman–Crippen LogP) is 4.31. The molecule has 0 unspecified atom stereocenters.